The highest BCUT2D eigenvalue weighted by atomic mass is 35.5. The normalized spacial score (nSPS) is 26.4. The fraction of sp³-hybridized carbons (Fsp3) is 0.600. The molecule has 6 N–H and O–H groups in total. The van der Waals surface area contributed by atoms with Gasteiger partial charge in [-0.2, -0.15) is 0 Å². The molecule has 0 saturated carbocycles. The molecular formula is C35H52ClN3O9. The lowest BCUT2D eigenvalue weighted by atomic mass is 9.75. The quantitative estimate of drug-likeness (QED) is 0.111. The maximum atomic E-state index is 12.4. The summed E-state index contributed by atoms with van der Waals surface area (Å²) in [7, 11) is 3.84. The van der Waals surface area contributed by atoms with E-state index in [0.29, 0.717) is 43.3 Å². The predicted octanol–water partition coefficient (Wildman–Crippen LogP) is 1.94. The fourth-order valence-corrected chi connectivity index (χ4v) is 5.68. The standard InChI is InChI=1S/C35H52ClN3O9/c1-22(26(36)16-11-23(2)35-30(43)28(41)29(42)34(48-35,21-47-35)33(5,6)45)20-24-12-14-25(15-13-24)46-19-9-10-27(40)38-32(3,4)31(44)37-17-18-39(7)8/h11-16,28-30,41-43,45H,2,9-10,17-21H2,1,3-8H3,(H,37,44)(H,38,40)/b16-11-,26-22-/t28-,29-,30+,34-,35-/m0/s1. The number of halogens is 1. The number of hydrogen-bond acceptors (Lipinski definition) is 10. The summed E-state index contributed by atoms with van der Waals surface area (Å²) in [4.78, 5) is 26.8. The Labute approximate surface area is 288 Å². The Morgan fingerprint density at radius 2 is 1.77 bits per heavy atom. The van der Waals surface area contributed by atoms with Crippen molar-refractivity contribution in [2.75, 3.05) is 40.4 Å². The molecule has 2 bridgehead atoms. The van der Waals surface area contributed by atoms with Crippen LogP contribution in [0, 0.1) is 0 Å². The van der Waals surface area contributed by atoms with Crippen LogP contribution in [0.3, 0.4) is 0 Å². The third-order valence-corrected chi connectivity index (χ3v) is 9.19. The number of amides is 2. The highest BCUT2D eigenvalue weighted by molar-refractivity contribution is 6.31. The highest BCUT2D eigenvalue weighted by Gasteiger charge is 2.71. The molecular weight excluding hydrogens is 642 g/mol. The molecule has 0 spiro atoms. The van der Waals surface area contributed by atoms with Gasteiger partial charge in [-0.1, -0.05) is 42.0 Å². The second-order valence-electron chi connectivity index (χ2n) is 13.9. The highest BCUT2D eigenvalue weighted by Crippen LogP contribution is 2.51. The van der Waals surface area contributed by atoms with Crippen molar-refractivity contribution >= 4 is 23.4 Å². The average Bonchev–Trinajstić information content (AvgIpc) is 3.41. The number of aliphatic hydroxyl groups is 4. The maximum Gasteiger partial charge on any atom is 0.245 e. The van der Waals surface area contributed by atoms with Gasteiger partial charge in [0.1, 0.15) is 29.6 Å². The number of likely N-dealkylation sites (N-methyl/N-ethyl adjacent to an activating group) is 1. The molecule has 5 atom stereocenters. The molecule has 1 aromatic rings. The molecule has 0 aliphatic carbocycles. The van der Waals surface area contributed by atoms with Crippen LogP contribution in [0.4, 0.5) is 0 Å². The van der Waals surface area contributed by atoms with E-state index in [4.69, 9.17) is 25.8 Å². The van der Waals surface area contributed by atoms with Gasteiger partial charge in [0.25, 0.3) is 0 Å². The van der Waals surface area contributed by atoms with Crippen LogP contribution in [0.5, 0.6) is 5.75 Å². The third kappa shape index (κ3) is 9.05. The van der Waals surface area contributed by atoms with Gasteiger partial charge < -0.3 is 50.2 Å². The molecule has 2 aliphatic rings. The van der Waals surface area contributed by atoms with E-state index in [0.717, 1.165) is 11.1 Å². The van der Waals surface area contributed by atoms with E-state index in [-0.39, 0.29) is 30.4 Å². The Balaban J connectivity index is 1.49. The number of nitrogens with one attached hydrogen (secondary N) is 2. The molecule has 2 saturated heterocycles. The summed E-state index contributed by atoms with van der Waals surface area (Å²) in [6.45, 7) is 13.3. The second kappa shape index (κ2) is 15.8. The Morgan fingerprint density at radius 1 is 1.12 bits per heavy atom. The minimum atomic E-state index is -1.88. The van der Waals surface area contributed by atoms with E-state index in [1.54, 1.807) is 19.9 Å². The molecule has 2 aliphatic heterocycles. The average molecular weight is 694 g/mol. The van der Waals surface area contributed by atoms with Crippen molar-refractivity contribution in [1.82, 2.24) is 15.5 Å². The van der Waals surface area contributed by atoms with Gasteiger partial charge in [0.15, 0.2) is 5.60 Å². The van der Waals surface area contributed by atoms with Crippen molar-refractivity contribution in [3.63, 3.8) is 0 Å². The van der Waals surface area contributed by atoms with Gasteiger partial charge in [-0.05, 0) is 85.3 Å². The lowest BCUT2D eigenvalue weighted by molar-refractivity contribution is -0.326. The number of carbonyl (C=O) groups excluding carboxylic acids is 2. The number of ether oxygens (including phenoxy) is 3. The van der Waals surface area contributed by atoms with Crippen LogP contribution in [0.15, 0.2) is 59.2 Å². The number of rotatable bonds is 16. The predicted molar refractivity (Wildman–Crippen MR) is 182 cm³/mol. The van der Waals surface area contributed by atoms with Gasteiger partial charge in [0, 0.05) is 30.1 Å². The molecule has 1 aromatic carbocycles. The lowest BCUT2D eigenvalue weighted by Crippen LogP contribution is -2.71. The monoisotopic (exact) mass is 693 g/mol. The van der Waals surface area contributed by atoms with Crippen molar-refractivity contribution in [3.8, 4) is 5.75 Å². The first-order chi connectivity index (χ1) is 22.3. The second-order valence-corrected chi connectivity index (χ2v) is 14.3. The molecule has 0 aromatic heterocycles. The van der Waals surface area contributed by atoms with Gasteiger partial charge in [-0.25, -0.2) is 0 Å². The van der Waals surface area contributed by atoms with Crippen molar-refractivity contribution in [2.45, 2.75) is 94.7 Å². The first-order valence-corrected chi connectivity index (χ1v) is 16.4. The summed E-state index contributed by atoms with van der Waals surface area (Å²) in [5.74, 6) is -1.69. The largest absolute Gasteiger partial charge is 0.494 e. The first kappa shape index (κ1) is 39.6. The van der Waals surface area contributed by atoms with E-state index in [9.17, 15) is 30.0 Å². The zero-order valence-corrected chi connectivity index (χ0v) is 29.8. The van der Waals surface area contributed by atoms with Crippen LogP contribution < -0.4 is 15.4 Å². The molecule has 13 heteroatoms. The van der Waals surface area contributed by atoms with Crippen LogP contribution in [-0.4, -0.2) is 118 Å². The first-order valence-electron chi connectivity index (χ1n) is 16.0. The van der Waals surface area contributed by atoms with Crippen LogP contribution in [0.1, 0.15) is 53.0 Å². The molecule has 268 valence electrons. The molecule has 2 heterocycles. The maximum absolute atomic E-state index is 12.4. The Hall–Kier alpha value is -2.81. The zero-order valence-electron chi connectivity index (χ0n) is 29.0. The molecule has 0 unspecified atom stereocenters. The van der Waals surface area contributed by atoms with Crippen LogP contribution in [-0.2, 0) is 25.5 Å². The molecule has 48 heavy (non-hydrogen) atoms. The number of fused-ring (bicyclic) bond motifs is 2. The number of benzene rings is 1. The Morgan fingerprint density at radius 3 is 2.38 bits per heavy atom. The van der Waals surface area contributed by atoms with E-state index < -0.39 is 40.8 Å². The number of hydrogen-bond donors (Lipinski definition) is 6. The Bertz CT molecular complexity index is 1370. The van der Waals surface area contributed by atoms with Crippen LogP contribution >= 0.6 is 11.6 Å². The Kier molecular flexibility index (Phi) is 13.1. The summed E-state index contributed by atoms with van der Waals surface area (Å²) >= 11 is 6.58. The fourth-order valence-electron chi connectivity index (χ4n) is 5.55. The molecule has 2 fully saturated rings. The molecule has 3 rings (SSSR count). The lowest BCUT2D eigenvalue weighted by Gasteiger charge is -2.50. The smallest absolute Gasteiger partial charge is 0.245 e. The number of nitrogens with zero attached hydrogens (tertiary/aromatic N) is 1. The number of allylic oxidation sites excluding steroid dienone is 3. The van der Waals surface area contributed by atoms with Gasteiger partial charge >= 0.3 is 0 Å². The summed E-state index contributed by atoms with van der Waals surface area (Å²) < 4.78 is 17.6. The van der Waals surface area contributed by atoms with Gasteiger partial charge in [-0.3, -0.25) is 9.59 Å². The summed E-state index contributed by atoms with van der Waals surface area (Å²) in [6.07, 6.45) is -0.572. The summed E-state index contributed by atoms with van der Waals surface area (Å²) in [5.41, 5.74) is -2.33. The number of aliphatic hydroxyl groups excluding tert-OH is 3. The summed E-state index contributed by atoms with van der Waals surface area (Å²) in [6, 6.07) is 7.50. The van der Waals surface area contributed by atoms with Gasteiger partial charge in [-0.15, -0.1) is 0 Å². The molecule has 2 amide bonds. The van der Waals surface area contributed by atoms with E-state index in [1.807, 2.05) is 50.2 Å². The minimum absolute atomic E-state index is 0.154. The van der Waals surface area contributed by atoms with E-state index in [1.165, 1.54) is 19.9 Å². The van der Waals surface area contributed by atoms with Crippen LogP contribution in [0.25, 0.3) is 0 Å². The van der Waals surface area contributed by atoms with Crippen molar-refractivity contribution in [2.24, 2.45) is 0 Å². The van der Waals surface area contributed by atoms with Gasteiger partial charge in [0.05, 0.1) is 18.8 Å². The van der Waals surface area contributed by atoms with Gasteiger partial charge in [0.2, 0.25) is 17.6 Å². The van der Waals surface area contributed by atoms with Crippen molar-refractivity contribution in [3.05, 3.63) is 64.7 Å². The van der Waals surface area contributed by atoms with Crippen molar-refractivity contribution < 1.29 is 44.2 Å². The van der Waals surface area contributed by atoms with E-state index >= 15 is 0 Å². The third-order valence-electron chi connectivity index (χ3n) is 8.74. The van der Waals surface area contributed by atoms with Crippen LogP contribution in [0.2, 0.25) is 0 Å². The topological polar surface area (TPSA) is 170 Å². The van der Waals surface area contributed by atoms with E-state index in [2.05, 4.69) is 17.2 Å². The SMILES string of the molecule is C=C(/C=C\C(Cl)=C(/C)Cc1ccc(OCCCC(=O)NC(C)(C)C(=O)NCCN(C)C)cc1)[C@]12OC[C@](C(C)(C)O)(O1)[C@@H](O)[C@H](O)[C@H]2O. The zero-order chi connectivity index (χ0) is 36.1. The minimum Gasteiger partial charge on any atom is -0.494 e. The molecule has 0 radical (unpaired) electrons. The molecule has 12 nitrogen and oxygen atoms in total. The summed E-state index contributed by atoms with van der Waals surface area (Å²) in [5, 5.41) is 48.8. The number of carbonyl (C=O) groups is 2. The van der Waals surface area contributed by atoms with Crippen molar-refractivity contribution in [1.29, 1.82) is 0 Å².